The molecule has 6 nitrogen and oxygen atoms in total. The van der Waals surface area contributed by atoms with Crippen LogP contribution in [-0.4, -0.2) is 28.1 Å². The molecular formula is C19H18F2N4O2S. The van der Waals surface area contributed by atoms with Crippen LogP contribution < -0.4 is 21.6 Å². The number of rotatable bonds is 3. The highest BCUT2D eigenvalue weighted by Gasteiger charge is 2.33. The van der Waals surface area contributed by atoms with Crippen LogP contribution in [0.15, 0.2) is 27.3 Å². The van der Waals surface area contributed by atoms with Crippen molar-refractivity contribution in [2.45, 2.75) is 31.8 Å². The number of aromatic nitrogens is 2. The molecule has 1 aliphatic heterocycles. The number of aromatic amines is 1. The Morgan fingerprint density at radius 2 is 2.07 bits per heavy atom. The molecule has 3 N–H and O–H groups in total. The number of nitrogens with one attached hydrogen (secondary N) is 1. The van der Waals surface area contributed by atoms with E-state index in [0.717, 1.165) is 36.0 Å². The Morgan fingerprint density at radius 3 is 2.71 bits per heavy atom. The lowest BCUT2D eigenvalue weighted by atomic mass is 10.1. The molecule has 5 rings (SSSR count). The quantitative estimate of drug-likeness (QED) is 0.658. The first-order valence-electron chi connectivity index (χ1n) is 9.15. The van der Waals surface area contributed by atoms with Crippen molar-refractivity contribution in [2.24, 2.45) is 5.73 Å². The first-order chi connectivity index (χ1) is 13.4. The van der Waals surface area contributed by atoms with E-state index in [1.165, 1.54) is 0 Å². The minimum absolute atomic E-state index is 0.00110. The molecule has 2 aliphatic rings. The molecule has 1 unspecified atom stereocenters. The Labute approximate surface area is 162 Å². The largest absolute Gasteiger partial charge is 0.359 e. The second-order valence-electron chi connectivity index (χ2n) is 7.51. The van der Waals surface area contributed by atoms with Crippen LogP contribution in [0, 0.1) is 11.6 Å². The summed E-state index contributed by atoms with van der Waals surface area (Å²) >= 11 is 1.02. The molecule has 1 saturated carbocycles. The van der Waals surface area contributed by atoms with E-state index in [4.69, 9.17) is 5.73 Å². The SMILES string of the molecule is CC(N)C1=CCN(c2c(F)cc3c(=O)c4c(=O)[nH]sc4n(C4CC4)c3c2F)C1. The predicted octanol–water partition coefficient (Wildman–Crippen LogP) is 2.61. The summed E-state index contributed by atoms with van der Waals surface area (Å²) in [4.78, 5) is 27.0. The topological polar surface area (TPSA) is 84.1 Å². The lowest BCUT2D eigenvalue weighted by Gasteiger charge is -2.23. The Balaban J connectivity index is 1.82. The molecule has 1 fully saturated rings. The van der Waals surface area contributed by atoms with Gasteiger partial charge in [-0.2, -0.15) is 0 Å². The van der Waals surface area contributed by atoms with Crippen molar-refractivity contribution in [3.8, 4) is 0 Å². The number of H-pyrrole nitrogens is 1. The summed E-state index contributed by atoms with van der Waals surface area (Å²) < 4.78 is 34.9. The van der Waals surface area contributed by atoms with Gasteiger partial charge in [-0.1, -0.05) is 6.08 Å². The number of pyridine rings is 1. The second kappa shape index (κ2) is 5.99. The van der Waals surface area contributed by atoms with Gasteiger partial charge in [-0.15, -0.1) is 0 Å². The van der Waals surface area contributed by atoms with E-state index < -0.39 is 22.6 Å². The van der Waals surface area contributed by atoms with Crippen LogP contribution in [0.4, 0.5) is 14.5 Å². The molecule has 2 aromatic heterocycles. The van der Waals surface area contributed by atoms with Crippen LogP contribution in [0.2, 0.25) is 0 Å². The standard InChI is InChI=1S/C19H18F2N4O2S/c1-8(22)9-4-5-24(7-9)16-12(20)6-11-15(14(16)21)25(10-2-3-10)19-13(17(11)26)18(27)23-28-19/h4,6,8,10H,2-3,5,7,22H2,1H3,(H,23,27). The molecule has 3 aromatic rings. The van der Waals surface area contributed by atoms with Gasteiger partial charge in [0.25, 0.3) is 5.56 Å². The lowest BCUT2D eigenvalue weighted by molar-refractivity contribution is 0.580. The van der Waals surface area contributed by atoms with Crippen LogP contribution in [-0.2, 0) is 0 Å². The number of nitrogens with two attached hydrogens (primary N) is 1. The van der Waals surface area contributed by atoms with E-state index in [1.54, 1.807) is 9.47 Å². The van der Waals surface area contributed by atoms with Crippen molar-refractivity contribution in [1.29, 1.82) is 0 Å². The van der Waals surface area contributed by atoms with Crippen molar-refractivity contribution >= 4 is 38.3 Å². The number of hydrogen-bond acceptors (Lipinski definition) is 5. The third kappa shape index (κ3) is 2.39. The Kier molecular flexibility index (Phi) is 3.76. The fourth-order valence-corrected chi connectivity index (χ4v) is 4.87. The summed E-state index contributed by atoms with van der Waals surface area (Å²) in [7, 11) is 0. The zero-order chi connectivity index (χ0) is 19.7. The Morgan fingerprint density at radius 1 is 1.32 bits per heavy atom. The Hall–Kier alpha value is -2.52. The van der Waals surface area contributed by atoms with Crippen molar-refractivity contribution in [2.75, 3.05) is 18.0 Å². The zero-order valence-corrected chi connectivity index (χ0v) is 15.9. The van der Waals surface area contributed by atoms with E-state index in [-0.39, 0.29) is 34.1 Å². The molecule has 0 amide bonds. The number of hydrogen-bond donors (Lipinski definition) is 2. The predicted molar refractivity (Wildman–Crippen MR) is 106 cm³/mol. The number of anilines is 1. The van der Waals surface area contributed by atoms with Crippen molar-refractivity contribution in [1.82, 2.24) is 8.94 Å². The minimum atomic E-state index is -0.810. The lowest BCUT2D eigenvalue weighted by Crippen LogP contribution is -2.27. The van der Waals surface area contributed by atoms with Crippen LogP contribution in [0.25, 0.3) is 21.1 Å². The molecule has 0 spiro atoms. The first kappa shape index (κ1) is 17.6. The summed E-state index contributed by atoms with van der Waals surface area (Å²) in [6.45, 7) is 2.52. The molecule has 9 heteroatoms. The van der Waals surface area contributed by atoms with Crippen molar-refractivity contribution < 1.29 is 8.78 Å². The zero-order valence-electron chi connectivity index (χ0n) is 15.1. The van der Waals surface area contributed by atoms with Gasteiger partial charge < -0.3 is 15.2 Å². The van der Waals surface area contributed by atoms with E-state index in [9.17, 15) is 14.0 Å². The maximum atomic E-state index is 15.7. The van der Waals surface area contributed by atoms with Crippen LogP contribution in [0.1, 0.15) is 25.8 Å². The van der Waals surface area contributed by atoms with E-state index in [2.05, 4.69) is 4.37 Å². The van der Waals surface area contributed by atoms with Gasteiger partial charge in [0.1, 0.15) is 21.7 Å². The summed E-state index contributed by atoms with van der Waals surface area (Å²) in [6, 6.07) is 0.870. The van der Waals surface area contributed by atoms with Crippen LogP contribution in [0.3, 0.4) is 0 Å². The van der Waals surface area contributed by atoms with Gasteiger partial charge in [0, 0.05) is 25.2 Å². The molecule has 1 atom stereocenters. The van der Waals surface area contributed by atoms with Gasteiger partial charge in [-0.25, -0.2) is 8.78 Å². The smallest absolute Gasteiger partial charge is 0.271 e. The molecule has 1 aromatic carbocycles. The summed E-state index contributed by atoms with van der Waals surface area (Å²) in [6.07, 6.45) is 3.53. The highest BCUT2D eigenvalue weighted by molar-refractivity contribution is 7.12. The van der Waals surface area contributed by atoms with Crippen LogP contribution >= 0.6 is 11.5 Å². The van der Waals surface area contributed by atoms with E-state index in [0.29, 0.717) is 17.9 Å². The fraction of sp³-hybridized carbons (Fsp3) is 0.368. The van der Waals surface area contributed by atoms with Gasteiger partial charge in [0.05, 0.1) is 10.9 Å². The monoisotopic (exact) mass is 404 g/mol. The normalized spacial score (nSPS) is 18.3. The molecule has 0 saturated heterocycles. The molecule has 0 radical (unpaired) electrons. The summed E-state index contributed by atoms with van der Waals surface area (Å²) in [5.74, 6) is -1.57. The average molecular weight is 404 g/mol. The Bertz CT molecular complexity index is 1280. The second-order valence-corrected chi connectivity index (χ2v) is 8.30. The third-order valence-corrected chi connectivity index (χ3v) is 6.42. The number of nitrogens with zero attached hydrogens (tertiary/aromatic N) is 2. The highest BCUT2D eigenvalue weighted by atomic mass is 32.1. The molecule has 3 heterocycles. The fourth-order valence-electron chi connectivity index (χ4n) is 3.96. The minimum Gasteiger partial charge on any atom is -0.359 e. The summed E-state index contributed by atoms with van der Waals surface area (Å²) in [5.41, 5.74) is 5.58. The molecule has 0 bridgehead atoms. The van der Waals surface area contributed by atoms with E-state index in [1.807, 2.05) is 13.0 Å². The van der Waals surface area contributed by atoms with Gasteiger partial charge in [-0.3, -0.25) is 14.0 Å². The number of benzene rings is 1. The van der Waals surface area contributed by atoms with Crippen LogP contribution in [0.5, 0.6) is 0 Å². The van der Waals surface area contributed by atoms with Crippen molar-refractivity contribution in [3.63, 3.8) is 0 Å². The highest BCUT2D eigenvalue weighted by Crippen LogP contribution is 2.42. The molecule has 1 aliphatic carbocycles. The van der Waals surface area contributed by atoms with Crippen molar-refractivity contribution in [3.05, 3.63) is 49.9 Å². The molecular weight excluding hydrogens is 386 g/mol. The molecule has 28 heavy (non-hydrogen) atoms. The number of fused-ring (bicyclic) bond motifs is 2. The average Bonchev–Trinajstić information content (AvgIpc) is 3.23. The number of halogens is 2. The maximum Gasteiger partial charge on any atom is 0.271 e. The molecule has 146 valence electrons. The van der Waals surface area contributed by atoms with E-state index >= 15 is 4.39 Å². The maximum absolute atomic E-state index is 15.7. The van der Waals surface area contributed by atoms with Gasteiger partial charge in [0.15, 0.2) is 5.82 Å². The third-order valence-electron chi connectivity index (χ3n) is 5.54. The van der Waals surface area contributed by atoms with Gasteiger partial charge in [-0.05, 0) is 42.9 Å². The summed E-state index contributed by atoms with van der Waals surface area (Å²) in [5, 5.41) is -0.125. The van der Waals surface area contributed by atoms with Gasteiger partial charge in [0.2, 0.25) is 5.43 Å². The first-order valence-corrected chi connectivity index (χ1v) is 9.97. The van der Waals surface area contributed by atoms with Gasteiger partial charge >= 0.3 is 0 Å².